The summed E-state index contributed by atoms with van der Waals surface area (Å²) < 4.78 is 42.8. The molecule has 0 bridgehead atoms. The average Bonchev–Trinajstić information content (AvgIpc) is 2.86. The maximum absolute atomic E-state index is 12.2. The Balaban J connectivity index is 2.11. The monoisotopic (exact) mass is 285 g/mol. The minimum atomic E-state index is -4.94. The van der Waals surface area contributed by atoms with Crippen molar-refractivity contribution in [2.45, 2.75) is 12.7 Å². The van der Waals surface area contributed by atoms with Gasteiger partial charge in [-0.05, 0) is 17.7 Å². The SMILES string of the molecule is COc1ccc(Cn2cc(C(=O)C(F)(F)F)nn2)cc1. The van der Waals surface area contributed by atoms with E-state index in [-0.39, 0.29) is 6.54 Å². The van der Waals surface area contributed by atoms with Crippen LogP contribution in [-0.2, 0) is 6.54 Å². The lowest BCUT2D eigenvalue weighted by molar-refractivity contribution is -0.0888. The number of rotatable bonds is 4. The molecule has 20 heavy (non-hydrogen) atoms. The van der Waals surface area contributed by atoms with Crippen molar-refractivity contribution in [2.24, 2.45) is 0 Å². The van der Waals surface area contributed by atoms with E-state index in [2.05, 4.69) is 10.3 Å². The molecule has 1 heterocycles. The van der Waals surface area contributed by atoms with Gasteiger partial charge in [0, 0.05) is 0 Å². The number of ketones is 1. The third-order valence-electron chi connectivity index (χ3n) is 2.53. The normalized spacial score (nSPS) is 11.4. The summed E-state index contributed by atoms with van der Waals surface area (Å²) in [5, 5.41) is 6.73. The summed E-state index contributed by atoms with van der Waals surface area (Å²) in [6.07, 6.45) is -3.97. The molecule has 0 radical (unpaired) electrons. The van der Waals surface area contributed by atoms with Crippen LogP contribution in [-0.4, -0.2) is 34.1 Å². The molecule has 0 unspecified atom stereocenters. The highest BCUT2D eigenvalue weighted by Gasteiger charge is 2.41. The van der Waals surface area contributed by atoms with Gasteiger partial charge in [0.05, 0.1) is 19.9 Å². The van der Waals surface area contributed by atoms with Crippen molar-refractivity contribution in [2.75, 3.05) is 7.11 Å². The maximum atomic E-state index is 12.2. The number of carbonyl (C=O) groups excluding carboxylic acids is 1. The van der Waals surface area contributed by atoms with Gasteiger partial charge in [0.25, 0.3) is 5.78 Å². The van der Waals surface area contributed by atoms with Crippen molar-refractivity contribution >= 4 is 5.78 Å². The van der Waals surface area contributed by atoms with Crippen LogP contribution in [0, 0.1) is 0 Å². The topological polar surface area (TPSA) is 57.0 Å². The second-order valence-corrected chi connectivity index (χ2v) is 3.98. The van der Waals surface area contributed by atoms with Crippen molar-refractivity contribution in [3.8, 4) is 5.75 Å². The molecule has 0 amide bonds. The lowest BCUT2D eigenvalue weighted by Crippen LogP contribution is -2.23. The largest absolute Gasteiger partial charge is 0.497 e. The zero-order valence-electron chi connectivity index (χ0n) is 10.4. The van der Waals surface area contributed by atoms with E-state index in [4.69, 9.17) is 4.74 Å². The van der Waals surface area contributed by atoms with Crippen molar-refractivity contribution in [3.63, 3.8) is 0 Å². The van der Waals surface area contributed by atoms with Gasteiger partial charge in [0.1, 0.15) is 5.75 Å². The Morgan fingerprint density at radius 1 is 1.30 bits per heavy atom. The lowest BCUT2D eigenvalue weighted by atomic mass is 10.2. The van der Waals surface area contributed by atoms with Crippen LogP contribution >= 0.6 is 0 Å². The molecule has 0 atom stereocenters. The number of benzene rings is 1. The van der Waals surface area contributed by atoms with E-state index in [0.29, 0.717) is 5.75 Å². The number of hydrogen-bond acceptors (Lipinski definition) is 4. The number of methoxy groups -OCH3 is 1. The summed E-state index contributed by atoms with van der Waals surface area (Å²) in [6, 6.07) is 6.92. The molecule has 5 nitrogen and oxygen atoms in total. The first kappa shape index (κ1) is 14.0. The number of aromatic nitrogens is 3. The molecule has 0 aliphatic rings. The summed E-state index contributed by atoms with van der Waals surface area (Å²) in [5.74, 6) is -1.33. The Labute approximate surface area is 112 Å². The van der Waals surface area contributed by atoms with Gasteiger partial charge in [0.15, 0.2) is 5.69 Å². The van der Waals surface area contributed by atoms with Crippen LogP contribution < -0.4 is 4.74 Å². The number of ether oxygens (including phenoxy) is 1. The molecular weight excluding hydrogens is 275 g/mol. The zero-order chi connectivity index (χ0) is 14.8. The predicted octanol–water partition coefficient (Wildman–Crippen LogP) is 2.08. The first-order valence-electron chi connectivity index (χ1n) is 5.55. The van der Waals surface area contributed by atoms with Gasteiger partial charge in [0.2, 0.25) is 0 Å². The van der Waals surface area contributed by atoms with Crippen LogP contribution in [0.25, 0.3) is 0 Å². The molecule has 0 saturated carbocycles. The van der Waals surface area contributed by atoms with Crippen molar-refractivity contribution in [1.29, 1.82) is 0 Å². The van der Waals surface area contributed by atoms with Crippen molar-refractivity contribution in [3.05, 3.63) is 41.7 Å². The number of nitrogens with zero attached hydrogens (tertiary/aromatic N) is 3. The highest BCUT2D eigenvalue weighted by atomic mass is 19.4. The Morgan fingerprint density at radius 2 is 1.95 bits per heavy atom. The third kappa shape index (κ3) is 3.14. The molecule has 1 aromatic carbocycles. The molecule has 0 aliphatic heterocycles. The van der Waals surface area contributed by atoms with Gasteiger partial charge in [-0.3, -0.25) is 4.79 Å². The molecule has 0 fully saturated rings. The Kier molecular flexibility index (Phi) is 3.73. The number of Topliss-reactive ketones (excluding diaryl/α,β-unsaturated/α-hetero) is 1. The molecule has 0 saturated heterocycles. The standard InChI is InChI=1S/C12H10F3N3O2/c1-20-9-4-2-8(3-5-9)6-18-7-10(16-17-18)11(19)12(13,14)15/h2-5,7H,6H2,1H3. The first-order chi connectivity index (χ1) is 9.40. The molecule has 2 aromatic rings. The highest BCUT2D eigenvalue weighted by Crippen LogP contribution is 2.20. The Bertz CT molecular complexity index is 605. The molecule has 106 valence electrons. The van der Waals surface area contributed by atoms with Gasteiger partial charge < -0.3 is 4.74 Å². The fourth-order valence-electron chi connectivity index (χ4n) is 1.54. The molecule has 1 aromatic heterocycles. The fraction of sp³-hybridized carbons (Fsp3) is 0.250. The fourth-order valence-corrected chi connectivity index (χ4v) is 1.54. The average molecular weight is 285 g/mol. The smallest absolute Gasteiger partial charge is 0.456 e. The minimum Gasteiger partial charge on any atom is -0.497 e. The minimum absolute atomic E-state index is 0.210. The van der Waals surface area contributed by atoms with Gasteiger partial charge in [-0.1, -0.05) is 17.3 Å². The zero-order valence-corrected chi connectivity index (χ0v) is 10.4. The molecule has 8 heteroatoms. The van der Waals surface area contributed by atoms with E-state index in [9.17, 15) is 18.0 Å². The van der Waals surface area contributed by atoms with Crippen LogP contribution in [0.2, 0.25) is 0 Å². The van der Waals surface area contributed by atoms with E-state index in [0.717, 1.165) is 11.8 Å². The van der Waals surface area contributed by atoms with Gasteiger partial charge >= 0.3 is 6.18 Å². The van der Waals surface area contributed by atoms with Crippen molar-refractivity contribution in [1.82, 2.24) is 15.0 Å². The number of alkyl halides is 3. The molecule has 0 spiro atoms. The summed E-state index contributed by atoms with van der Waals surface area (Å²) in [6.45, 7) is 0.210. The van der Waals surface area contributed by atoms with Crippen LogP contribution in [0.5, 0.6) is 5.75 Å². The van der Waals surface area contributed by atoms with E-state index in [1.807, 2.05) is 0 Å². The van der Waals surface area contributed by atoms with Gasteiger partial charge in [-0.2, -0.15) is 13.2 Å². The van der Waals surface area contributed by atoms with Crippen LogP contribution in [0.4, 0.5) is 13.2 Å². The first-order valence-corrected chi connectivity index (χ1v) is 5.55. The van der Waals surface area contributed by atoms with E-state index in [1.54, 1.807) is 24.3 Å². The summed E-state index contributed by atoms with van der Waals surface area (Å²) in [7, 11) is 1.53. The van der Waals surface area contributed by atoms with E-state index in [1.165, 1.54) is 11.8 Å². The quantitative estimate of drug-likeness (QED) is 0.807. The lowest BCUT2D eigenvalue weighted by Gasteiger charge is -2.03. The maximum Gasteiger partial charge on any atom is 0.456 e. The number of carbonyl (C=O) groups is 1. The van der Waals surface area contributed by atoms with E-state index >= 15 is 0 Å². The van der Waals surface area contributed by atoms with Gasteiger partial charge in [-0.15, -0.1) is 5.10 Å². The Hall–Kier alpha value is -2.38. The predicted molar refractivity (Wildman–Crippen MR) is 62.5 cm³/mol. The summed E-state index contributed by atoms with van der Waals surface area (Å²) in [4.78, 5) is 11.0. The second-order valence-electron chi connectivity index (χ2n) is 3.98. The third-order valence-corrected chi connectivity index (χ3v) is 2.53. The highest BCUT2D eigenvalue weighted by molar-refractivity contribution is 5.98. The molecule has 2 rings (SSSR count). The van der Waals surface area contributed by atoms with Gasteiger partial charge in [-0.25, -0.2) is 4.68 Å². The van der Waals surface area contributed by atoms with Crippen molar-refractivity contribution < 1.29 is 22.7 Å². The number of hydrogen-bond donors (Lipinski definition) is 0. The molecule has 0 N–H and O–H groups in total. The van der Waals surface area contributed by atoms with Crippen LogP contribution in [0.3, 0.4) is 0 Å². The molecular formula is C12H10F3N3O2. The number of halogens is 3. The van der Waals surface area contributed by atoms with Crippen LogP contribution in [0.1, 0.15) is 16.1 Å². The van der Waals surface area contributed by atoms with Crippen LogP contribution in [0.15, 0.2) is 30.5 Å². The Morgan fingerprint density at radius 3 is 2.50 bits per heavy atom. The molecule has 0 aliphatic carbocycles. The second kappa shape index (κ2) is 5.32. The summed E-state index contributed by atoms with van der Waals surface area (Å²) in [5.41, 5.74) is 0.0766. The summed E-state index contributed by atoms with van der Waals surface area (Å²) >= 11 is 0. The van der Waals surface area contributed by atoms with E-state index < -0.39 is 17.7 Å².